The van der Waals surface area contributed by atoms with Gasteiger partial charge >= 0.3 is 0 Å². The third kappa shape index (κ3) is 4.42. The fourth-order valence-corrected chi connectivity index (χ4v) is 1.74. The highest BCUT2D eigenvalue weighted by molar-refractivity contribution is 6.00. The van der Waals surface area contributed by atoms with Gasteiger partial charge in [-0.2, -0.15) is 0 Å². The molecule has 21 heavy (non-hydrogen) atoms. The molecule has 1 atom stereocenters. The maximum Gasteiger partial charge on any atom is 0.270 e. The fraction of sp³-hybridized carbons (Fsp3) is 0.500. The molecule has 0 aromatic heterocycles. The second kappa shape index (κ2) is 7.03. The zero-order valence-corrected chi connectivity index (χ0v) is 12.7. The van der Waals surface area contributed by atoms with Crippen molar-refractivity contribution in [2.24, 2.45) is 5.92 Å². The minimum absolute atomic E-state index is 0.0173. The third-order valence-corrected chi connectivity index (χ3v) is 3.16. The lowest BCUT2D eigenvalue weighted by Gasteiger charge is -2.19. The van der Waals surface area contributed by atoms with E-state index in [1.165, 1.54) is 18.2 Å². The summed E-state index contributed by atoms with van der Waals surface area (Å²) in [7, 11) is 3.50. The van der Waals surface area contributed by atoms with Crippen LogP contribution in [0.25, 0.3) is 0 Å². The monoisotopic (exact) mass is 295 g/mol. The van der Waals surface area contributed by atoms with Crippen molar-refractivity contribution in [3.05, 3.63) is 33.9 Å². The highest BCUT2D eigenvalue weighted by atomic mass is 16.6. The van der Waals surface area contributed by atoms with Crippen LogP contribution >= 0.6 is 0 Å². The van der Waals surface area contributed by atoms with Crippen molar-refractivity contribution < 1.29 is 14.8 Å². The van der Waals surface area contributed by atoms with Crippen LogP contribution in [0.4, 0.5) is 11.4 Å². The summed E-state index contributed by atoms with van der Waals surface area (Å²) >= 11 is 0. The number of rotatable bonds is 6. The van der Waals surface area contributed by atoms with Crippen LogP contribution in [-0.2, 0) is 0 Å². The molecule has 0 radical (unpaired) electrons. The Morgan fingerprint density at radius 3 is 2.52 bits per heavy atom. The normalized spacial score (nSPS) is 12.1. The van der Waals surface area contributed by atoms with E-state index in [1.807, 2.05) is 13.8 Å². The summed E-state index contributed by atoms with van der Waals surface area (Å²) in [5, 5.41) is 23.1. The van der Waals surface area contributed by atoms with Gasteiger partial charge in [-0.05, 0) is 12.0 Å². The number of aliphatic hydroxyl groups is 1. The lowest BCUT2D eigenvalue weighted by Crippen LogP contribution is -2.35. The molecule has 2 N–H and O–H groups in total. The molecule has 0 aliphatic carbocycles. The van der Waals surface area contributed by atoms with Crippen LogP contribution in [-0.4, -0.2) is 42.7 Å². The Hall–Kier alpha value is -2.15. The van der Waals surface area contributed by atoms with Gasteiger partial charge in [0.05, 0.1) is 16.6 Å². The molecule has 0 spiro atoms. The number of carbonyl (C=O) groups is 1. The number of nitro groups is 1. The molecule has 1 unspecified atom stereocenters. The molecule has 1 rings (SSSR count). The smallest absolute Gasteiger partial charge is 0.270 e. The summed E-state index contributed by atoms with van der Waals surface area (Å²) in [6, 6.07) is 4.13. The number of aliphatic hydroxyl groups excluding tert-OH is 1. The molecule has 7 heteroatoms. The van der Waals surface area contributed by atoms with Crippen molar-refractivity contribution in [2.75, 3.05) is 25.5 Å². The first-order chi connectivity index (χ1) is 9.73. The molecular weight excluding hydrogens is 274 g/mol. The number of nitro benzene ring substituents is 1. The molecule has 116 valence electrons. The number of hydrogen-bond donors (Lipinski definition) is 2. The molecule has 1 aromatic rings. The molecule has 0 saturated carbocycles. The Labute approximate surface area is 123 Å². The highest BCUT2D eigenvalue weighted by Crippen LogP contribution is 2.24. The molecular formula is C14H21N3O4. The zero-order valence-electron chi connectivity index (χ0n) is 12.7. The van der Waals surface area contributed by atoms with Gasteiger partial charge in [-0.15, -0.1) is 0 Å². The predicted molar refractivity (Wildman–Crippen MR) is 80.6 cm³/mol. The van der Waals surface area contributed by atoms with Crippen molar-refractivity contribution in [3.63, 3.8) is 0 Å². The predicted octanol–water partition coefficient (Wildman–Crippen LogP) is 1.41. The summed E-state index contributed by atoms with van der Waals surface area (Å²) in [5.74, 6) is -0.425. The minimum Gasteiger partial charge on any atom is -0.391 e. The molecule has 0 aliphatic heterocycles. The molecule has 1 aromatic carbocycles. The molecule has 0 fully saturated rings. The average molecular weight is 295 g/mol. The van der Waals surface area contributed by atoms with E-state index in [-0.39, 0.29) is 23.7 Å². The minimum atomic E-state index is -0.657. The van der Waals surface area contributed by atoms with Crippen LogP contribution in [0.15, 0.2) is 18.2 Å². The van der Waals surface area contributed by atoms with E-state index in [2.05, 4.69) is 5.32 Å². The Morgan fingerprint density at radius 1 is 1.43 bits per heavy atom. The Kier molecular flexibility index (Phi) is 5.66. The lowest BCUT2D eigenvalue weighted by molar-refractivity contribution is -0.384. The van der Waals surface area contributed by atoms with E-state index < -0.39 is 16.9 Å². The van der Waals surface area contributed by atoms with Crippen molar-refractivity contribution in [1.82, 2.24) is 5.32 Å². The quantitative estimate of drug-likeness (QED) is 0.611. The number of nitrogens with zero attached hydrogens (tertiary/aromatic N) is 2. The van der Waals surface area contributed by atoms with Gasteiger partial charge in [0.1, 0.15) is 0 Å². The zero-order chi connectivity index (χ0) is 16.2. The summed E-state index contributed by atoms with van der Waals surface area (Å²) in [4.78, 5) is 24.2. The topological polar surface area (TPSA) is 95.7 Å². The van der Waals surface area contributed by atoms with Gasteiger partial charge in [0, 0.05) is 38.5 Å². The molecule has 1 amide bonds. The highest BCUT2D eigenvalue weighted by Gasteiger charge is 2.19. The number of carbonyl (C=O) groups excluding carboxylic acids is 1. The van der Waals surface area contributed by atoms with Gasteiger partial charge < -0.3 is 15.3 Å². The van der Waals surface area contributed by atoms with Crippen molar-refractivity contribution >= 4 is 17.3 Å². The maximum absolute atomic E-state index is 12.2. The van der Waals surface area contributed by atoms with Crippen LogP contribution in [0, 0.1) is 16.0 Å². The first-order valence-corrected chi connectivity index (χ1v) is 6.66. The number of hydrogen-bond acceptors (Lipinski definition) is 5. The van der Waals surface area contributed by atoms with Gasteiger partial charge in [0.15, 0.2) is 0 Å². The van der Waals surface area contributed by atoms with Crippen LogP contribution in [0.2, 0.25) is 0 Å². The second-order valence-corrected chi connectivity index (χ2v) is 5.37. The Morgan fingerprint density at radius 2 is 2.05 bits per heavy atom. The van der Waals surface area contributed by atoms with E-state index in [9.17, 15) is 20.0 Å². The van der Waals surface area contributed by atoms with Gasteiger partial charge in [0.2, 0.25) is 0 Å². The van der Waals surface area contributed by atoms with Crippen LogP contribution in [0.3, 0.4) is 0 Å². The van der Waals surface area contributed by atoms with Crippen LogP contribution < -0.4 is 10.2 Å². The first-order valence-electron chi connectivity index (χ1n) is 6.66. The van der Waals surface area contributed by atoms with E-state index >= 15 is 0 Å². The second-order valence-electron chi connectivity index (χ2n) is 5.37. The summed E-state index contributed by atoms with van der Waals surface area (Å²) in [6.45, 7) is 3.79. The van der Waals surface area contributed by atoms with Gasteiger partial charge in [-0.25, -0.2) is 0 Å². The summed E-state index contributed by atoms with van der Waals surface area (Å²) < 4.78 is 0. The van der Waals surface area contributed by atoms with Gasteiger partial charge in [-0.3, -0.25) is 14.9 Å². The SMILES string of the molecule is CC(C)C(O)CNC(=O)c1cc([N+](=O)[O-])ccc1N(C)C. The number of benzene rings is 1. The van der Waals surface area contributed by atoms with Crippen molar-refractivity contribution in [2.45, 2.75) is 20.0 Å². The molecule has 0 saturated heterocycles. The molecule has 7 nitrogen and oxygen atoms in total. The van der Waals surface area contributed by atoms with Gasteiger partial charge in [0.25, 0.3) is 11.6 Å². The lowest BCUT2D eigenvalue weighted by atomic mass is 10.1. The van der Waals surface area contributed by atoms with E-state index in [0.29, 0.717) is 5.69 Å². The largest absolute Gasteiger partial charge is 0.391 e. The number of amides is 1. The van der Waals surface area contributed by atoms with Crippen LogP contribution in [0.5, 0.6) is 0 Å². The molecule has 0 heterocycles. The first kappa shape index (κ1) is 16.9. The fourth-order valence-electron chi connectivity index (χ4n) is 1.74. The number of non-ortho nitro benzene ring substituents is 1. The molecule has 0 bridgehead atoms. The number of anilines is 1. The van der Waals surface area contributed by atoms with Crippen molar-refractivity contribution in [3.8, 4) is 0 Å². The van der Waals surface area contributed by atoms with E-state index in [0.717, 1.165) is 0 Å². The standard InChI is InChI=1S/C14H21N3O4/c1-9(2)13(18)8-15-14(19)11-7-10(17(20)21)5-6-12(11)16(3)4/h5-7,9,13,18H,8H2,1-4H3,(H,15,19). The van der Waals surface area contributed by atoms with Crippen molar-refractivity contribution in [1.29, 1.82) is 0 Å². The summed E-state index contributed by atoms with van der Waals surface area (Å²) in [6.07, 6.45) is -0.657. The van der Waals surface area contributed by atoms with E-state index in [1.54, 1.807) is 19.0 Å². The number of nitrogens with one attached hydrogen (secondary N) is 1. The van der Waals surface area contributed by atoms with E-state index in [4.69, 9.17) is 0 Å². The maximum atomic E-state index is 12.2. The van der Waals surface area contributed by atoms with Crippen LogP contribution in [0.1, 0.15) is 24.2 Å². The third-order valence-electron chi connectivity index (χ3n) is 3.16. The summed E-state index contributed by atoms with van der Waals surface area (Å²) in [5.41, 5.74) is 0.650. The molecule has 0 aliphatic rings. The van der Waals surface area contributed by atoms with Gasteiger partial charge in [-0.1, -0.05) is 13.8 Å². The average Bonchev–Trinajstić information content (AvgIpc) is 2.43. The Balaban J connectivity index is 3.00. The Bertz CT molecular complexity index is 529.